The Kier molecular flexibility index (Phi) is 10.7. The van der Waals surface area contributed by atoms with Crippen molar-refractivity contribution in [1.82, 2.24) is 35.2 Å². The standard InChI is InChI=1S/C38H45F2N7O7S/c1-22(2)30-35(49)46-21-26(19-29(46)34(48)42-38(20-28(38)33(39)40)36(50)45-55(52,53)27-15-16-27)47-43-31(24-12-6-3-7-13-24)32(44-47)25-14-9-11-23(18-25)10-5-4-8-17-54-37(51)41-30/h3,6-7,9,11-14,18,22,26-30,33H,4-5,8,10,15-17,19-21H2,1-2H3,(H,41,51)(H,42,48)(H,45,50)/t26?,28-,29-,30-,38-/m0/s1. The van der Waals surface area contributed by atoms with Crippen LogP contribution in [0.15, 0.2) is 54.6 Å². The van der Waals surface area contributed by atoms with Gasteiger partial charge in [0.15, 0.2) is 0 Å². The predicted octanol–water partition coefficient (Wildman–Crippen LogP) is 3.98. The van der Waals surface area contributed by atoms with Crippen molar-refractivity contribution < 1.29 is 41.1 Å². The van der Waals surface area contributed by atoms with Crippen LogP contribution in [0, 0.1) is 11.8 Å². The molecule has 7 rings (SSSR count). The number of aryl methyl sites for hydroxylation is 1. The molecule has 0 spiro atoms. The van der Waals surface area contributed by atoms with Crippen LogP contribution in [-0.4, -0.2) is 94.6 Å². The number of nitrogens with zero attached hydrogens (tertiary/aromatic N) is 4. The van der Waals surface area contributed by atoms with E-state index in [1.165, 1.54) is 9.70 Å². The molecular weight excluding hydrogens is 737 g/mol. The molecule has 14 nitrogen and oxygen atoms in total. The number of ether oxygens (including phenoxy) is 1. The molecule has 5 atom stereocenters. The molecule has 4 aliphatic rings. The predicted molar refractivity (Wildman–Crippen MR) is 196 cm³/mol. The summed E-state index contributed by atoms with van der Waals surface area (Å²) in [7, 11) is -4.12. The van der Waals surface area contributed by atoms with Crippen molar-refractivity contribution in [2.75, 3.05) is 13.2 Å². The Morgan fingerprint density at radius 1 is 0.982 bits per heavy atom. The molecule has 1 unspecified atom stereocenters. The first-order valence-corrected chi connectivity index (χ1v) is 20.3. The van der Waals surface area contributed by atoms with Crippen LogP contribution in [-0.2, 0) is 35.6 Å². The molecule has 3 heterocycles. The Morgan fingerprint density at radius 2 is 1.69 bits per heavy atom. The summed E-state index contributed by atoms with van der Waals surface area (Å²) >= 11 is 0. The number of halogens is 2. The lowest BCUT2D eigenvalue weighted by molar-refractivity contribution is -0.142. The van der Waals surface area contributed by atoms with Crippen molar-refractivity contribution in [1.29, 1.82) is 0 Å². The van der Waals surface area contributed by atoms with Crippen LogP contribution >= 0.6 is 0 Å². The highest BCUT2D eigenvalue weighted by Gasteiger charge is 2.66. The second-order valence-corrected chi connectivity index (χ2v) is 17.2. The topological polar surface area (TPSA) is 182 Å². The van der Waals surface area contributed by atoms with Crippen LogP contribution in [0.1, 0.15) is 70.4 Å². The first-order chi connectivity index (χ1) is 26.3. The summed E-state index contributed by atoms with van der Waals surface area (Å²) in [5, 5.41) is 14.1. The van der Waals surface area contributed by atoms with Crippen LogP contribution in [0.2, 0.25) is 0 Å². The number of carbonyl (C=O) groups is 4. The molecule has 55 heavy (non-hydrogen) atoms. The zero-order valence-corrected chi connectivity index (χ0v) is 31.4. The molecule has 6 bridgehead atoms. The highest BCUT2D eigenvalue weighted by molar-refractivity contribution is 7.91. The zero-order valence-electron chi connectivity index (χ0n) is 30.6. The summed E-state index contributed by atoms with van der Waals surface area (Å²) in [5.74, 6) is -4.89. The first-order valence-electron chi connectivity index (χ1n) is 18.8. The highest BCUT2D eigenvalue weighted by atomic mass is 32.2. The number of hydrogen-bond donors (Lipinski definition) is 3. The lowest BCUT2D eigenvalue weighted by Gasteiger charge is -2.31. The third-order valence-electron chi connectivity index (χ3n) is 10.9. The number of amides is 4. The summed E-state index contributed by atoms with van der Waals surface area (Å²) in [6, 6.07) is 14.3. The van der Waals surface area contributed by atoms with Crippen LogP contribution < -0.4 is 15.4 Å². The van der Waals surface area contributed by atoms with Gasteiger partial charge in [-0.1, -0.05) is 62.4 Å². The number of cyclic esters (lactones) is 1. The summed E-state index contributed by atoms with van der Waals surface area (Å²) in [5.41, 5.74) is 1.66. The minimum atomic E-state index is -4.12. The van der Waals surface area contributed by atoms with Crippen LogP contribution in [0.3, 0.4) is 0 Å². The van der Waals surface area contributed by atoms with E-state index in [1.54, 1.807) is 13.8 Å². The molecular formula is C38H45F2N7O7S. The van der Waals surface area contributed by atoms with E-state index in [-0.39, 0.29) is 19.6 Å². The van der Waals surface area contributed by atoms with Crippen molar-refractivity contribution in [3.63, 3.8) is 0 Å². The minimum absolute atomic E-state index is 0.0767. The summed E-state index contributed by atoms with van der Waals surface area (Å²) < 4.78 is 60.9. The van der Waals surface area contributed by atoms with Crippen LogP contribution in [0.4, 0.5) is 13.6 Å². The molecule has 3 fully saturated rings. The average Bonchev–Trinajstić information content (AvgIpc) is 4.05. The quantitative estimate of drug-likeness (QED) is 0.305. The van der Waals surface area contributed by atoms with E-state index in [0.717, 1.165) is 36.0 Å². The van der Waals surface area contributed by atoms with Gasteiger partial charge >= 0.3 is 6.09 Å². The highest BCUT2D eigenvalue weighted by Crippen LogP contribution is 2.48. The van der Waals surface area contributed by atoms with E-state index in [1.807, 2.05) is 53.3 Å². The fraction of sp³-hybridized carbons (Fsp3) is 0.526. The van der Waals surface area contributed by atoms with E-state index >= 15 is 0 Å². The summed E-state index contributed by atoms with van der Waals surface area (Å²) in [6.07, 6.45) is -0.697. The Bertz CT molecular complexity index is 2060. The number of aromatic nitrogens is 3. The van der Waals surface area contributed by atoms with Gasteiger partial charge in [-0.2, -0.15) is 15.0 Å². The Hall–Kier alpha value is -4.93. The SMILES string of the molecule is CC(C)[C@@H]1NC(=O)OCCCCCc2cccc(c2)-c2nn(nc2-c2ccccc2)C2C[C@@H](C(=O)N[C@@]3(C(=O)NS(=O)(=O)C4CC4)C[C@H]3C(F)F)N(C2)C1=O. The van der Waals surface area contributed by atoms with Gasteiger partial charge in [0, 0.05) is 24.1 Å². The van der Waals surface area contributed by atoms with Crippen LogP contribution in [0.25, 0.3) is 22.5 Å². The first kappa shape index (κ1) is 38.3. The Morgan fingerprint density at radius 3 is 2.36 bits per heavy atom. The van der Waals surface area contributed by atoms with E-state index in [9.17, 15) is 36.4 Å². The fourth-order valence-corrected chi connectivity index (χ4v) is 8.85. The largest absolute Gasteiger partial charge is 0.450 e. The molecule has 1 saturated heterocycles. The number of benzene rings is 2. The van der Waals surface area contributed by atoms with Crippen molar-refractivity contribution in [2.24, 2.45) is 11.8 Å². The number of nitrogens with one attached hydrogen (secondary N) is 3. The number of fused-ring (bicyclic) bond motifs is 8. The molecule has 4 amide bonds. The van der Waals surface area contributed by atoms with E-state index in [4.69, 9.17) is 14.9 Å². The van der Waals surface area contributed by atoms with Crippen molar-refractivity contribution in [2.45, 2.75) is 101 Å². The van der Waals surface area contributed by atoms with Crippen molar-refractivity contribution in [3.8, 4) is 22.5 Å². The molecule has 2 aromatic carbocycles. The number of alkyl carbamates (subject to hydrolysis) is 1. The van der Waals surface area contributed by atoms with Gasteiger partial charge in [0.2, 0.25) is 28.3 Å². The van der Waals surface area contributed by atoms with Gasteiger partial charge in [0.1, 0.15) is 29.0 Å². The van der Waals surface area contributed by atoms with Gasteiger partial charge in [-0.15, -0.1) is 0 Å². The molecule has 2 aliphatic carbocycles. The third-order valence-corrected chi connectivity index (χ3v) is 12.7. The van der Waals surface area contributed by atoms with Gasteiger partial charge in [-0.05, 0) is 62.5 Å². The molecule has 294 valence electrons. The maximum atomic E-state index is 14.4. The van der Waals surface area contributed by atoms with Gasteiger partial charge in [-0.25, -0.2) is 22.0 Å². The summed E-state index contributed by atoms with van der Waals surface area (Å²) in [6.45, 7) is 3.47. The van der Waals surface area contributed by atoms with E-state index in [2.05, 4.69) is 16.7 Å². The minimum Gasteiger partial charge on any atom is -0.450 e. The fourth-order valence-electron chi connectivity index (χ4n) is 7.49. The number of rotatable bonds is 8. The maximum absolute atomic E-state index is 14.4. The molecule has 1 aromatic heterocycles. The maximum Gasteiger partial charge on any atom is 0.407 e. The molecule has 2 saturated carbocycles. The number of sulfonamides is 1. The van der Waals surface area contributed by atoms with Gasteiger partial charge in [0.05, 0.1) is 23.8 Å². The van der Waals surface area contributed by atoms with E-state index in [0.29, 0.717) is 30.7 Å². The monoisotopic (exact) mass is 781 g/mol. The molecule has 3 N–H and O–H groups in total. The molecule has 3 aromatic rings. The lowest BCUT2D eigenvalue weighted by Crippen LogP contribution is -2.59. The smallest absolute Gasteiger partial charge is 0.407 e. The number of alkyl halides is 2. The normalized spacial score (nSPS) is 26.0. The Labute approximate surface area is 317 Å². The summed E-state index contributed by atoms with van der Waals surface area (Å²) in [4.78, 5) is 57.8. The second kappa shape index (κ2) is 15.3. The van der Waals surface area contributed by atoms with Gasteiger partial charge < -0.3 is 20.3 Å². The average molecular weight is 782 g/mol. The van der Waals surface area contributed by atoms with Crippen molar-refractivity contribution >= 4 is 33.8 Å². The zero-order chi connectivity index (χ0) is 39.1. The third kappa shape index (κ3) is 8.07. The van der Waals surface area contributed by atoms with Gasteiger partial charge in [-0.3, -0.25) is 19.1 Å². The van der Waals surface area contributed by atoms with Gasteiger partial charge in [0.25, 0.3) is 5.91 Å². The lowest BCUT2D eigenvalue weighted by atomic mass is 10.0. The second-order valence-electron chi connectivity index (χ2n) is 15.3. The molecule has 0 radical (unpaired) electrons. The Balaban J connectivity index is 1.26. The van der Waals surface area contributed by atoms with E-state index < -0.39 is 87.4 Å². The number of hydrogen-bond acceptors (Lipinski definition) is 9. The molecule has 17 heteroatoms. The van der Waals surface area contributed by atoms with Crippen molar-refractivity contribution in [3.05, 3.63) is 60.2 Å². The van der Waals surface area contributed by atoms with Crippen LogP contribution in [0.5, 0.6) is 0 Å². The number of carbonyl (C=O) groups excluding carboxylic acids is 4. The molecule has 2 aliphatic heterocycles.